The minimum absolute atomic E-state index is 0.367. The second-order valence-corrected chi connectivity index (χ2v) is 5.18. The van der Waals surface area contributed by atoms with E-state index < -0.39 is 5.97 Å². The fourth-order valence-corrected chi connectivity index (χ4v) is 3.52. The van der Waals surface area contributed by atoms with Gasteiger partial charge in [0.2, 0.25) is 0 Å². The third kappa shape index (κ3) is 1.56. The number of hydrogen-bond donors (Lipinski definition) is 1. The smallest absolute Gasteiger partial charge is 0.260 e. The molecule has 0 saturated heterocycles. The third-order valence-electron chi connectivity index (χ3n) is 3.02. The monoisotopic (exact) mass is 249 g/mol. The number of rotatable bonds is 1. The van der Waals surface area contributed by atoms with Crippen LogP contribution in [0, 0.1) is 0 Å². The molecule has 0 unspecified atom stereocenters. The van der Waals surface area contributed by atoms with Crippen molar-refractivity contribution < 1.29 is 9.90 Å². The first-order chi connectivity index (χ1) is 8.16. The number of H-pyrrole nitrogens is 1. The summed E-state index contributed by atoms with van der Waals surface area (Å²) in [6.45, 7) is 0. The van der Waals surface area contributed by atoms with Gasteiger partial charge in [0.15, 0.2) is 5.82 Å². The van der Waals surface area contributed by atoms with E-state index in [4.69, 9.17) is 0 Å². The molecule has 0 aromatic carbocycles. The van der Waals surface area contributed by atoms with Crippen molar-refractivity contribution in [1.29, 1.82) is 0 Å². The highest BCUT2D eigenvalue weighted by Gasteiger charge is 2.19. The molecule has 0 bridgehead atoms. The van der Waals surface area contributed by atoms with Gasteiger partial charge >= 0.3 is 0 Å². The molecule has 2 aromatic heterocycles. The first kappa shape index (κ1) is 10.5. The number of hydrogen-bond acceptors (Lipinski definition) is 5. The molecule has 0 spiro atoms. The Kier molecular flexibility index (Phi) is 2.25. The second kappa shape index (κ2) is 3.66. The highest BCUT2D eigenvalue weighted by Crippen LogP contribution is 2.33. The van der Waals surface area contributed by atoms with Crippen LogP contribution in [0.4, 0.5) is 0 Å². The molecule has 0 atom stereocenters. The van der Waals surface area contributed by atoms with Crippen molar-refractivity contribution in [2.75, 3.05) is 0 Å². The maximum atomic E-state index is 11.9. The molecule has 17 heavy (non-hydrogen) atoms. The number of aromatic amines is 1. The lowest BCUT2D eigenvalue weighted by Gasteiger charge is -2.09. The van der Waals surface area contributed by atoms with E-state index >= 15 is 0 Å². The highest BCUT2D eigenvalue weighted by atomic mass is 32.1. The van der Waals surface area contributed by atoms with Crippen LogP contribution in [0.25, 0.3) is 10.2 Å². The Hall–Kier alpha value is -1.69. The molecule has 1 aliphatic rings. The lowest BCUT2D eigenvalue weighted by atomic mass is 9.97. The third-order valence-corrected chi connectivity index (χ3v) is 4.20. The Balaban J connectivity index is 2.34. The maximum absolute atomic E-state index is 11.9. The second-order valence-electron chi connectivity index (χ2n) is 4.09. The Labute approximate surface area is 100 Å². The molecule has 2 aromatic rings. The molecule has 1 N–H and O–H groups in total. The van der Waals surface area contributed by atoms with Crippen molar-refractivity contribution in [1.82, 2.24) is 9.97 Å². The molecular formula is C11H9N2O3S-. The van der Waals surface area contributed by atoms with Crippen molar-refractivity contribution in [2.45, 2.75) is 25.7 Å². The van der Waals surface area contributed by atoms with Crippen LogP contribution in [-0.2, 0) is 12.8 Å². The van der Waals surface area contributed by atoms with Gasteiger partial charge in [-0.25, -0.2) is 4.98 Å². The molecule has 0 radical (unpaired) electrons. The van der Waals surface area contributed by atoms with Crippen LogP contribution in [-0.4, -0.2) is 15.9 Å². The van der Waals surface area contributed by atoms with E-state index in [1.54, 1.807) is 0 Å². The number of nitrogens with one attached hydrogen (secondary N) is 1. The molecule has 1 aliphatic carbocycles. The number of carbonyl (C=O) groups excluding carboxylic acids is 1. The van der Waals surface area contributed by atoms with E-state index in [0.717, 1.165) is 31.2 Å². The molecule has 2 heterocycles. The SMILES string of the molecule is O=C([O-])c1nc2sc3c(c2c(=O)[nH]1)CCCC3. The molecular weight excluding hydrogens is 240 g/mol. The predicted molar refractivity (Wildman–Crippen MR) is 61.2 cm³/mol. The standard InChI is InChI=1S/C11H10N2O3S/c14-9-7-5-3-1-2-4-6(5)17-10(7)13-8(12-9)11(15)16/h1-4H2,(H,15,16)(H,12,13,14)/p-1. The number of thiophene rings is 1. The molecule has 3 rings (SSSR count). The minimum atomic E-state index is -1.45. The van der Waals surface area contributed by atoms with Gasteiger partial charge in [0.05, 0.1) is 5.39 Å². The summed E-state index contributed by atoms with van der Waals surface area (Å²) in [7, 11) is 0. The summed E-state index contributed by atoms with van der Waals surface area (Å²) in [6, 6.07) is 0. The molecule has 5 nitrogen and oxygen atoms in total. The topological polar surface area (TPSA) is 85.9 Å². The molecule has 0 fully saturated rings. The quantitative estimate of drug-likeness (QED) is 0.783. The van der Waals surface area contributed by atoms with Crippen molar-refractivity contribution in [3.05, 3.63) is 26.6 Å². The first-order valence-electron chi connectivity index (χ1n) is 5.42. The fourth-order valence-electron chi connectivity index (χ4n) is 2.26. The van der Waals surface area contributed by atoms with Gasteiger partial charge in [-0.15, -0.1) is 11.3 Å². The van der Waals surface area contributed by atoms with Crippen LogP contribution >= 0.6 is 11.3 Å². The molecule has 0 amide bonds. The van der Waals surface area contributed by atoms with E-state index in [1.807, 2.05) is 0 Å². The zero-order valence-corrected chi connectivity index (χ0v) is 9.73. The summed E-state index contributed by atoms with van der Waals surface area (Å²) in [5.74, 6) is -1.84. The summed E-state index contributed by atoms with van der Waals surface area (Å²) in [6.07, 6.45) is 4.02. The largest absolute Gasteiger partial charge is 0.542 e. The zero-order chi connectivity index (χ0) is 12.0. The average molecular weight is 249 g/mol. The Bertz CT molecular complexity index is 671. The number of carboxylic acid groups (broad SMARTS) is 1. The first-order valence-corrected chi connectivity index (χ1v) is 6.24. The number of aromatic carboxylic acids is 1. The Morgan fingerprint density at radius 1 is 1.35 bits per heavy atom. The lowest BCUT2D eigenvalue weighted by Crippen LogP contribution is -2.27. The Morgan fingerprint density at radius 2 is 2.12 bits per heavy atom. The highest BCUT2D eigenvalue weighted by molar-refractivity contribution is 7.18. The molecule has 88 valence electrons. The van der Waals surface area contributed by atoms with Crippen molar-refractivity contribution in [2.24, 2.45) is 0 Å². The molecule has 6 heteroatoms. The minimum Gasteiger partial charge on any atom is -0.542 e. The lowest BCUT2D eigenvalue weighted by molar-refractivity contribution is -0.256. The average Bonchev–Trinajstić information content (AvgIpc) is 2.67. The van der Waals surface area contributed by atoms with Crippen molar-refractivity contribution in [3.8, 4) is 0 Å². The van der Waals surface area contributed by atoms with Gasteiger partial charge < -0.3 is 14.9 Å². The van der Waals surface area contributed by atoms with Gasteiger partial charge in [0, 0.05) is 4.88 Å². The number of carboxylic acids is 1. The summed E-state index contributed by atoms with van der Waals surface area (Å²) in [5.41, 5.74) is 0.684. The molecule has 0 aliphatic heterocycles. The number of carbonyl (C=O) groups is 1. The normalized spacial score (nSPS) is 14.8. The van der Waals surface area contributed by atoms with Crippen LogP contribution in [0.3, 0.4) is 0 Å². The van der Waals surface area contributed by atoms with Crippen molar-refractivity contribution >= 4 is 27.5 Å². The van der Waals surface area contributed by atoms with E-state index in [1.165, 1.54) is 16.2 Å². The van der Waals surface area contributed by atoms with E-state index in [2.05, 4.69) is 9.97 Å². The van der Waals surface area contributed by atoms with Gasteiger partial charge in [0.25, 0.3) is 5.56 Å². The summed E-state index contributed by atoms with van der Waals surface area (Å²) in [5, 5.41) is 11.3. The van der Waals surface area contributed by atoms with Crippen LogP contribution in [0.5, 0.6) is 0 Å². The van der Waals surface area contributed by atoms with Crippen molar-refractivity contribution in [3.63, 3.8) is 0 Å². The van der Waals surface area contributed by atoms with Gasteiger partial charge in [-0.1, -0.05) is 0 Å². The van der Waals surface area contributed by atoms with E-state index in [-0.39, 0.29) is 11.4 Å². The fraction of sp³-hybridized carbons (Fsp3) is 0.364. The van der Waals surface area contributed by atoms with Crippen LogP contribution in [0.2, 0.25) is 0 Å². The summed E-state index contributed by atoms with van der Waals surface area (Å²) in [4.78, 5) is 30.4. The zero-order valence-electron chi connectivity index (χ0n) is 8.91. The van der Waals surface area contributed by atoms with E-state index in [9.17, 15) is 14.7 Å². The van der Waals surface area contributed by atoms with Crippen LogP contribution in [0.1, 0.15) is 33.9 Å². The number of aryl methyl sites for hydroxylation is 2. The van der Waals surface area contributed by atoms with E-state index in [0.29, 0.717) is 10.2 Å². The maximum Gasteiger partial charge on any atom is 0.260 e. The van der Waals surface area contributed by atoms with Gasteiger partial charge in [-0.3, -0.25) is 4.79 Å². The van der Waals surface area contributed by atoms with Gasteiger partial charge in [-0.2, -0.15) is 0 Å². The van der Waals surface area contributed by atoms with Gasteiger partial charge in [0.1, 0.15) is 10.8 Å². The van der Waals surface area contributed by atoms with Gasteiger partial charge in [-0.05, 0) is 31.2 Å². The van der Waals surface area contributed by atoms with Crippen LogP contribution < -0.4 is 10.7 Å². The number of fused-ring (bicyclic) bond motifs is 3. The summed E-state index contributed by atoms with van der Waals surface area (Å²) >= 11 is 1.42. The summed E-state index contributed by atoms with van der Waals surface area (Å²) < 4.78 is 0. The predicted octanol–water partition coefficient (Wildman–Crippen LogP) is 0.227. The number of aromatic nitrogens is 2. The van der Waals surface area contributed by atoms with Crippen LogP contribution in [0.15, 0.2) is 4.79 Å². The molecule has 0 saturated carbocycles. The number of nitrogens with zero attached hydrogens (tertiary/aromatic N) is 1. The Morgan fingerprint density at radius 3 is 2.88 bits per heavy atom.